The summed E-state index contributed by atoms with van der Waals surface area (Å²) in [5.41, 5.74) is 1.83. The lowest BCUT2D eigenvalue weighted by atomic mass is 10.1. The maximum Gasteiger partial charge on any atom is 0.269 e. The van der Waals surface area contributed by atoms with Crippen molar-refractivity contribution in [1.82, 2.24) is 0 Å². The van der Waals surface area contributed by atoms with Gasteiger partial charge in [-0.1, -0.05) is 6.07 Å². The van der Waals surface area contributed by atoms with Gasteiger partial charge in [-0.3, -0.25) is 14.9 Å². The highest BCUT2D eigenvalue weighted by molar-refractivity contribution is 6.10. The van der Waals surface area contributed by atoms with Crippen molar-refractivity contribution in [1.29, 1.82) is 5.26 Å². The fourth-order valence-electron chi connectivity index (χ4n) is 2.73. The third-order valence-electron chi connectivity index (χ3n) is 4.24. The number of ether oxygens (including phenoxy) is 1. The van der Waals surface area contributed by atoms with E-state index in [1.165, 1.54) is 25.3 Å². The van der Waals surface area contributed by atoms with Crippen LogP contribution in [0.1, 0.15) is 11.3 Å². The van der Waals surface area contributed by atoms with Gasteiger partial charge in [0.25, 0.3) is 11.6 Å². The SMILES string of the molecule is COc1ccc(C)cc1NC(=O)/C(C#N)=C/c1ccc(-c2ccc([N+](=O)[O-])cc2)o1. The number of nitrogens with one attached hydrogen (secondary N) is 1. The van der Waals surface area contributed by atoms with E-state index in [0.717, 1.165) is 5.56 Å². The predicted octanol–water partition coefficient (Wildman–Crippen LogP) is 4.72. The van der Waals surface area contributed by atoms with Gasteiger partial charge in [0, 0.05) is 23.8 Å². The summed E-state index contributed by atoms with van der Waals surface area (Å²) in [5.74, 6) is 0.625. The molecule has 3 rings (SSSR count). The average molecular weight is 403 g/mol. The van der Waals surface area contributed by atoms with Crippen molar-refractivity contribution in [3.05, 3.63) is 81.6 Å². The van der Waals surface area contributed by atoms with Crippen molar-refractivity contribution in [3.63, 3.8) is 0 Å². The molecule has 0 bridgehead atoms. The molecule has 0 spiro atoms. The Balaban J connectivity index is 1.81. The standard InChI is InChI=1S/C22H17N3O5/c1-14-3-9-21(29-2)19(11-14)24-22(26)16(13-23)12-18-8-10-20(30-18)15-4-6-17(7-5-15)25(27)28/h3-12H,1-2H3,(H,24,26)/b16-12+. The number of benzene rings is 2. The Morgan fingerprint density at radius 3 is 2.57 bits per heavy atom. The van der Waals surface area contributed by atoms with Gasteiger partial charge in [0.05, 0.1) is 17.7 Å². The Morgan fingerprint density at radius 2 is 1.93 bits per heavy atom. The molecule has 150 valence electrons. The molecule has 0 aliphatic rings. The Bertz CT molecular complexity index is 1170. The van der Waals surface area contributed by atoms with E-state index in [0.29, 0.717) is 28.5 Å². The highest BCUT2D eigenvalue weighted by atomic mass is 16.6. The van der Waals surface area contributed by atoms with Crippen LogP contribution >= 0.6 is 0 Å². The fraction of sp³-hybridized carbons (Fsp3) is 0.0909. The van der Waals surface area contributed by atoms with E-state index in [1.54, 1.807) is 36.4 Å². The lowest BCUT2D eigenvalue weighted by molar-refractivity contribution is -0.384. The number of nitrogens with zero attached hydrogens (tertiary/aromatic N) is 2. The number of amides is 1. The van der Waals surface area contributed by atoms with Gasteiger partial charge < -0.3 is 14.5 Å². The second kappa shape index (κ2) is 8.75. The fourth-order valence-corrected chi connectivity index (χ4v) is 2.73. The normalized spacial score (nSPS) is 10.9. The summed E-state index contributed by atoms with van der Waals surface area (Å²) in [5, 5.41) is 22.8. The van der Waals surface area contributed by atoms with Crippen molar-refractivity contribution in [2.24, 2.45) is 0 Å². The molecule has 8 nitrogen and oxygen atoms in total. The van der Waals surface area contributed by atoms with Crippen LogP contribution in [-0.4, -0.2) is 17.9 Å². The van der Waals surface area contributed by atoms with Gasteiger partial charge in [-0.15, -0.1) is 0 Å². The minimum atomic E-state index is -0.602. The first-order chi connectivity index (χ1) is 14.4. The van der Waals surface area contributed by atoms with Crippen LogP contribution in [0.25, 0.3) is 17.4 Å². The molecule has 0 saturated carbocycles. The van der Waals surface area contributed by atoms with E-state index in [4.69, 9.17) is 9.15 Å². The number of nitro benzene ring substituents is 1. The molecule has 0 unspecified atom stereocenters. The number of nitriles is 1. The second-order valence-electron chi connectivity index (χ2n) is 6.33. The lowest BCUT2D eigenvalue weighted by Gasteiger charge is -2.10. The smallest absolute Gasteiger partial charge is 0.269 e. The summed E-state index contributed by atoms with van der Waals surface area (Å²) in [6.07, 6.45) is 1.33. The summed E-state index contributed by atoms with van der Waals surface area (Å²) in [6, 6.07) is 16.3. The Morgan fingerprint density at radius 1 is 1.20 bits per heavy atom. The summed E-state index contributed by atoms with van der Waals surface area (Å²) in [6.45, 7) is 1.87. The highest BCUT2D eigenvalue weighted by Gasteiger charge is 2.14. The number of methoxy groups -OCH3 is 1. The topological polar surface area (TPSA) is 118 Å². The zero-order valence-corrected chi connectivity index (χ0v) is 16.2. The summed E-state index contributed by atoms with van der Waals surface area (Å²) < 4.78 is 10.9. The van der Waals surface area contributed by atoms with Crippen molar-refractivity contribution in [2.45, 2.75) is 6.92 Å². The summed E-state index contributed by atoms with van der Waals surface area (Å²) >= 11 is 0. The molecule has 1 amide bonds. The number of carbonyl (C=O) groups is 1. The summed E-state index contributed by atoms with van der Waals surface area (Å²) in [7, 11) is 1.49. The van der Waals surface area contributed by atoms with Gasteiger partial charge in [-0.05, 0) is 48.9 Å². The van der Waals surface area contributed by atoms with E-state index in [1.807, 2.05) is 19.1 Å². The van der Waals surface area contributed by atoms with Crippen molar-refractivity contribution < 1.29 is 18.9 Å². The molecule has 8 heteroatoms. The predicted molar refractivity (Wildman–Crippen MR) is 111 cm³/mol. The molecule has 1 aromatic heterocycles. The third-order valence-corrected chi connectivity index (χ3v) is 4.24. The zero-order chi connectivity index (χ0) is 21.7. The molecular formula is C22H17N3O5. The molecule has 0 saturated heterocycles. The molecule has 30 heavy (non-hydrogen) atoms. The number of nitro groups is 1. The first-order valence-electron chi connectivity index (χ1n) is 8.83. The number of hydrogen-bond donors (Lipinski definition) is 1. The molecule has 1 heterocycles. The number of anilines is 1. The van der Waals surface area contributed by atoms with Crippen LogP contribution in [0.2, 0.25) is 0 Å². The number of carbonyl (C=O) groups excluding carboxylic acids is 1. The minimum Gasteiger partial charge on any atom is -0.495 e. The van der Waals surface area contributed by atoms with Gasteiger partial charge in [-0.25, -0.2) is 0 Å². The monoisotopic (exact) mass is 403 g/mol. The van der Waals surface area contributed by atoms with E-state index >= 15 is 0 Å². The first-order valence-corrected chi connectivity index (χ1v) is 8.83. The minimum absolute atomic E-state index is 0.0274. The van der Waals surface area contributed by atoms with Crippen LogP contribution in [-0.2, 0) is 4.79 Å². The van der Waals surface area contributed by atoms with Crippen molar-refractivity contribution in [3.8, 4) is 23.1 Å². The quantitative estimate of drug-likeness (QED) is 0.275. The van der Waals surface area contributed by atoms with E-state index < -0.39 is 10.8 Å². The third kappa shape index (κ3) is 4.54. The average Bonchev–Trinajstić information content (AvgIpc) is 3.21. The molecule has 2 aromatic carbocycles. The molecule has 0 atom stereocenters. The van der Waals surface area contributed by atoms with Crippen LogP contribution < -0.4 is 10.1 Å². The van der Waals surface area contributed by atoms with Crippen LogP contribution in [0.3, 0.4) is 0 Å². The highest BCUT2D eigenvalue weighted by Crippen LogP contribution is 2.27. The van der Waals surface area contributed by atoms with Gasteiger partial charge >= 0.3 is 0 Å². The van der Waals surface area contributed by atoms with Gasteiger partial charge in [0.1, 0.15) is 28.9 Å². The Hall–Kier alpha value is -4.38. The second-order valence-corrected chi connectivity index (χ2v) is 6.33. The molecule has 1 N–H and O–H groups in total. The first kappa shape index (κ1) is 20.4. The van der Waals surface area contributed by atoms with Crippen LogP contribution in [0.4, 0.5) is 11.4 Å². The maximum absolute atomic E-state index is 12.5. The Labute approximate surface area is 172 Å². The summed E-state index contributed by atoms with van der Waals surface area (Å²) in [4.78, 5) is 22.8. The van der Waals surface area contributed by atoms with Crippen molar-refractivity contribution >= 4 is 23.4 Å². The zero-order valence-electron chi connectivity index (χ0n) is 16.2. The number of furan rings is 1. The molecule has 0 fully saturated rings. The van der Waals surface area contributed by atoms with Gasteiger partial charge in [-0.2, -0.15) is 5.26 Å². The van der Waals surface area contributed by atoms with Crippen LogP contribution in [0.15, 0.2) is 64.6 Å². The molecule has 0 radical (unpaired) electrons. The molecule has 0 aliphatic carbocycles. The van der Waals surface area contributed by atoms with Gasteiger partial charge in [0.15, 0.2) is 0 Å². The van der Waals surface area contributed by atoms with E-state index in [-0.39, 0.29) is 11.3 Å². The number of aryl methyl sites for hydroxylation is 1. The van der Waals surface area contributed by atoms with Gasteiger partial charge in [0.2, 0.25) is 0 Å². The van der Waals surface area contributed by atoms with Crippen molar-refractivity contribution in [2.75, 3.05) is 12.4 Å². The molecule has 0 aliphatic heterocycles. The number of non-ortho nitro benzene ring substituents is 1. The van der Waals surface area contributed by atoms with Crippen LogP contribution in [0.5, 0.6) is 5.75 Å². The molecular weight excluding hydrogens is 386 g/mol. The van der Waals surface area contributed by atoms with Crippen LogP contribution in [0, 0.1) is 28.4 Å². The lowest BCUT2D eigenvalue weighted by Crippen LogP contribution is -2.14. The number of hydrogen-bond acceptors (Lipinski definition) is 6. The molecule has 3 aromatic rings. The van der Waals surface area contributed by atoms with E-state index in [2.05, 4.69) is 5.32 Å². The van der Waals surface area contributed by atoms with E-state index in [9.17, 15) is 20.2 Å². The number of rotatable bonds is 6. The Kier molecular flexibility index (Phi) is 5.94. The maximum atomic E-state index is 12.5. The largest absolute Gasteiger partial charge is 0.495 e.